The van der Waals surface area contributed by atoms with E-state index in [1.165, 1.54) is 16.4 Å². The number of carbonyl (C=O) groups is 1. The molecule has 0 unspecified atom stereocenters. The molecule has 30 heavy (non-hydrogen) atoms. The summed E-state index contributed by atoms with van der Waals surface area (Å²) in [7, 11) is -3.90. The Bertz CT molecular complexity index is 1210. The van der Waals surface area contributed by atoms with Gasteiger partial charge >= 0.3 is 0 Å². The Morgan fingerprint density at radius 2 is 1.77 bits per heavy atom. The topological polar surface area (TPSA) is 117 Å². The minimum atomic E-state index is -3.90. The zero-order valence-electron chi connectivity index (χ0n) is 16.2. The molecule has 4 rings (SSSR count). The first kappa shape index (κ1) is 20.0. The van der Waals surface area contributed by atoms with E-state index in [-0.39, 0.29) is 42.7 Å². The normalized spacial score (nSPS) is 15.4. The van der Waals surface area contributed by atoms with E-state index in [1.807, 2.05) is 24.3 Å². The number of carbonyl (C=O) groups excluding carboxylic acids is 1. The van der Waals surface area contributed by atoms with Crippen molar-refractivity contribution in [2.24, 2.45) is 0 Å². The molecule has 156 valence electrons. The summed E-state index contributed by atoms with van der Waals surface area (Å²) in [5.41, 5.74) is 1.49. The number of piperazine rings is 1. The fraction of sp³-hybridized carbons (Fsp3) is 0.250. The van der Waals surface area contributed by atoms with Crippen LogP contribution in [0.3, 0.4) is 0 Å². The number of sulfonamides is 1. The van der Waals surface area contributed by atoms with Crippen molar-refractivity contribution in [3.05, 3.63) is 69.9 Å². The zero-order chi connectivity index (χ0) is 21.5. The van der Waals surface area contributed by atoms with E-state index in [0.717, 1.165) is 17.0 Å². The first-order valence-electron chi connectivity index (χ1n) is 9.39. The smallest absolute Gasteiger partial charge is 0.270 e. The number of para-hydroxylation sites is 1. The highest BCUT2D eigenvalue weighted by atomic mass is 32.2. The number of nitro benzene ring substituents is 1. The summed E-state index contributed by atoms with van der Waals surface area (Å²) in [6.45, 7) is 2.32. The summed E-state index contributed by atoms with van der Waals surface area (Å²) >= 11 is 0. The third-order valence-corrected chi connectivity index (χ3v) is 7.33. The summed E-state index contributed by atoms with van der Waals surface area (Å²) in [6.07, 6.45) is 0. The van der Waals surface area contributed by atoms with Crippen LogP contribution in [-0.4, -0.2) is 59.6 Å². The van der Waals surface area contributed by atoms with Crippen LogP contribution in [-0.2, 0) is 10.0 Å². The summed E-state index contributed by atoms with van der Waals surface area (Å²) < 4.78 is 27.4. The maximum Gasteiger partial charge on any atom is 0.270 e. The fourth-order valence-corrected chi connectivity index (χ4v) is 5.28. The number of H-pyrrole nitrogens is 1. The average Bonchev–Trinajstić information content (AvgIpc) is 3.17. The molecule has 1 amide bonds. The van der Waals surface area contributed by atoms with Crippen molar-refractivity contribution in [3.8, 4) is 0 Å². The van der Waals surface area contributed by atoms with Gasteiger partial charge < -0.3 is 9.88 Å². The Morgan fingerprint density at radius 1 is 1.07 bits per heavy atom. The zero-order valence-corrected chi connectivity index (χ0v) is 17.1. The van der Waals surface area contributed by atoms with Crippen LogP contribution in [0.5, 0.6) is 0 Å². The number of aromatic amines is 1. The number of nitrogens with zero attached hydrogens (tertiary/aromatic N) is 3. The molecule has 1 N–H and O–H groups in total. The standard InChI is InChI=1S/C20H20N4O5S/c1-14-6-7-16(24(26)27)13-19(14)30(28,29)23-10-8-22(9-11-23)20(25)18-12-15-4-2-3-5-17(15)21-18/h2-7,12-13,21H,8-11H2,1H3. The largest absolute Gasteiger partial charge is 0.351 e. The lowest BCUT2D eigenvalue weighted by Crippen LogP contribution is -2.50. The van der Waals surface area contributed by atoms with Crippen LogP contribution in [0.4, 0.5) is 5.69 Å². The first-order valence-corrected chi connectivity index (χ1v) is 10.8. The third kappa shape index (κ3) is 3.55. The van der Waals surface area contributed by atoms with E-state index in [1.54, 1.807) is 17.9 Å². The number of aryl methyl sites for hydroxylation is 1. The molecule has 1 saturated heterocycles. The van der Waals surface area contributed by atoms with Crippen LogP contribution in [0.15, 0.2) is 53.4 Å². The number of hydrogen-bond donors (Lipinski definition) is 1. The Hall–Kier alpha value is -3.24. The monoisotopic (exact) mass is 428 g/mol. The summed E-state index contributed by atoms with van der Waals surface area (Å²) in [5, 5.41) is 12.0. The molecular weight excluding hydrogens is 408 g/mol. The quantitative estimate of drug-likeness (QED) is 0.506. The van der Waals surface area contributed by atoms with E-state index in [0.29, 0.717) is 11.3 Å². The van der Waals surface area contributed by atoms with Crippen molar-refractivity contribution in [1.29, 1.82) is 0 Å². The number of amides is 1. The van der Waals surface area contributed by atoms with Crippen LogP contribution in [0, 0.1) is 17.0 Å². The average molecular weight is 428 g/mol. The second kappa shape index (κ2) is 7.54. The van der Waals surface area contributed by atoms with Crippen LogP contribution in [0.25, 0.3) is 10.9 Å². The predicted molar refractivity (Wildman–Crippen MR) is 111 cm³/mol. The minimum absolute atomic E-state index is 0.0768. The van der Waals surface area contributed by atoms with E-state index in [4.69, 9.17) is 0 Å². The van der Waals surface area contributed by atoms with Gasteiger partial charge in [0.05, 0.1) is 9.82 Å². The molecule has 0 radical (unpaired) electrons. The summed E-state index contributed by atoms with van der Waals surface area (Å²) in [6, 6.07) is 13.2. The molecule has 3 aromatic rings. The van der Waals surface area contributed by atoms with Gasteiger partial charge in [0, 0.05) is 49.2 Å². The van der Waals surface area contributed by atoms with Gasteiger partial charge in [-0.15, -0.1) is 0 Å². The SMILES string of the molecule is Cc1ccc([N+](=O)[O-])cc1S(=O)(=O)N1CCN(C(=O)c2cc3ccccc3[nH]2)CC1. The van der Waals surface area contributed by atoms with Crippen molar-refractivity contribution in [2.75, 3.05) is 26.2 Å². The molecule has 0 saturated carbocycles. The van der Waals surface area contributed by atoms with Crippen LogP contribution < -0.4 is 0 Å². The molecular formula is C20H20N4O5S. The highest BCUT2D eigenvalue weighted by molar-refractivity contribution is 7.89. The number of hydrogen-bond acceptors (Lipinski definition) is 5. The predicted octanol–water partition coefficient (Wildman–Crippen LogP) is 2.53. The molecule has 2 heterocycles. The fourth-order valence-electron chi connectivity index (χ4n) is 3.61. The number of rotatable bonds is 4. The van der Waals surface area contributed by atoms with Gasteiger partial charge in [0.15, 0.2) is 0 Å². The lowest BCUT2D eigenvalue weighted by molar-refractivity contribution is -0.385. The van der Waals surface area contributed by atoms with Gasteiger partial charge in [0.1, 0.15) is 5.69 Å². The van der Waals surface area contributed by atoms with Crippen LogP contribution in [0.1, 0.15) is 16.1 Å². The molecule has 1 aromatic heterocycles. The van der Waals surface area contributed by atoms with Gasteiger partial charge in [-0.05, 0) is 24.6 Å². The Labute approximate surface area is 173 Å². The highest BCUT2D eigenvalue weighted by Gasteiger charge is 2.32. The maximum absolute atomic E-state index is 13.0. The number of non-ortho nitro benzene ring substituents is 1. The second-order valence-electron chi connectivity index (χ2n) is 7.17. The number of aromatic nitrogens is 1. The molecule has 0 bridgehead atoms. The van der Waals surface area contributed by atoms with Gasteiger partial charge in [-0.2, -0.15) is 4.31 Å². The molecule has 9 nitrogen and oxygen atoms in total. The molecule has 0 atom stereocenters. The van der Waals surface area contributed by atoms with Crippen LogP contribution in [0.2, 0.25) is 0 Å². The molecule has 1 aliphatic heterocycles. The Balaban J connectivity index is 1.50. The molecule has 0 aliphatic carbocycles. The first-order chi connectivity index (χ1) is 14.3. The highest BCUT2D eigenvalue weighted by Crippen LogP contribution is 2.26. The van der Waals surface area contributed by atoms with E-state index in [9.17, 15) is 23.3 Å². The Kier molecular flexibility index (Phi) is 5.04. The van der Waals surface area contributed by atoms with Gasteiger partial charge in [-0.25, -0.2) is 8.42 Å². The van der Waals surface area contributed by atoms with Crippen molar-refractivity contribution in [1.82, 2.24) is 14.2 Å². The maximum atomic E-state index is 13.0. The molecule has 10 heteroatoms. The van der Waals surface area contributed by atoms with E-state index in [2.05, 4.69) is 4.98 Å². The van der Waals surface area contributed by atoms with Gasteiger partial charge in [-0.1, -0.05) is 24.3 Å². The van der Waals surface area contributed by atoms with Crippen molar-refractivity contribution in [3.63, 3.8) is 0 Å². The van der Waals surface area contributed by atoms with E-state index < -0.39 is 14.9 Å². The number of nitro groups is 1. The number of fused-ring (bicyclic) bond motifs is 1. The van der Waals surface area contributed by atoms with Gasteiger partial charge in [0.2, 0.25) is 10.0 Å². The second-order valence-corrected chi connectivity index (χ2v) is 9.08. The van der Waals surface area contributed by atoms with Gasteiger partial charge in [0.25, 0.3) is 11.6 Å². The molecule has 1 fully saturated rings. The molecule has 2 aromatic carbocycles. The number of nitrogens with one attached hydrogen (secondary N) is 1. The third-order valence-electron chi connectivity index (χ3n) is 5.29. The lowest BCUT2D eigenvalue weighted by atomic mass is 10.2. The number of benzene rings is 2. The lowest BCUT2D eigenvalue weighted by Gasteiger charge is -2.34. The van der Waals surface area contributed by atoms with Crippen molar-refractivity contribution in [2.45, 2.75) is 11.8 Å². The van der Waals surface area contributed by atoms with E-state index >= 15 is 0 Å². The molecule has 1 aliphatic rings. The van der Waals surface area contributed by atoms with Crippen molar-refractivity contribution >= 4 is 32.5 Å². The minimum Gasteiger partial charge on any atom is -0.351 e. The summed E-state index contributed by atoms with van der Waals surface area (Å²) in [4.78, 5) is 27.9. The van der Waals surface area contributed by atoms with Gasteiger partial charge in [-0.3, -0.25) is 14.9 Å². The summed E-state index contributed by atoms with van der Waals surface area (Å²) in [5.74, 6) is -0.185. The molecule has 0 spiro atoms. The van der Waals surface area contributed by atoms with Crippen molar-refractivity contribution < 1.29 is 18.1 Å². The van der Waals surface area contributed by atoms with Crippen LogP contribution >= 0.6 is 0 Å². The Morgan fingerprint density at radius 3 is 2.43 bits per heavy atom.